The van der Waals surface area contributed by atoms with E-state index in [4.69, 9.17) is 16.3 Å². The third-order valence-electron chi connectivity index (χ3n) is 5.63. The average Bonchev–Trinajstić information content (AvgIpc) is 3.43. The smallest absolute Gasteiger partial charge is 0.258 e. The molecule has 9 heteroatoms. The van der Waals surface area contributed by atoms with Crippen LogP contribution in [0.25, 0.3) is 5.65 Å². The van der Waals surface area contributed by atoms with Crippen molar-refractivity contribution >= 4 is 23.2 Å². The van der Waals surface area contributed by atoms with Crippen molar-refractivity contribution < 1.29 is 13.9 Å². The first-order valence-electron chi connectivity index (χ1n) is 10.0. The number of benzene rings is 1. The lowest BCUT2D eigenvalue weighted by molar-refractivity contribution is 0.0744. The molecule has 7 nitrogen and oxygen atoms in total. The molecule has 0 radical (unpaired) electrons. The molecule has 2 aromatic heterocycles. The maximum Gasteiger partial charge on any atom is 0.258 e. The predicted octanol–water partition coefficient (Wildman–Crippen LogP) is 3.15. The average molecular weight is 430 g/mol. The second-order valence-corrected chi connectivity index (χ2v) is 8.10. The molecule has 0 bridgehead atoms. The minimum Gasteiger partial charge on any atom is -0.491 e. The third-order valence-corrected chi connectivity index (χ3v) is 5.83. The van der Waals surface area contributed by atoms with Crippen molar-refractivity contribution in [3.63, 3.8) is 0 Å². The van der Waals surface area contributed by atoms with Gasteiger partial charge in [0, 0.05) is 24.4 Å². The highest BCUT2D eigenvalue weighted by atomic mass is 35.5. The van der Waals surface area contributed by atoms with E-state index in [1.807, 2.05) is 0 Å². The number of hydrogen-bond donors (Lipinski definition) is 0. The molecule has 0 saturated carbocycles. The van der Waals surface area contributed by atoms with Gasteiger partial charge in [0.1, 0.15) is 18.2 Å². The van der Waals surface area contributed by atoms with Gasteiger partial charge in [0.15, 0.2) is 5.65 Å². The first-order valence-corrected chi connectivity index (χ1v) is 10.4. The van der Waals surface area contributed by atoms with Gasteiger partial charge in [-0.3, -0.25) is 9.69 Å². The molecule has 1 saturated heterocycles. The van der Waals surface area contributed by atoms with Crippen molar-refractivity contribution in [2.45, 2.75) is 25.9 Å². The molecule has 1 aromatic carbocycles. The lowest BCUT2D eigenvalue weighted by atomic mass is 10.1. The molecular weight excluding hydrogens is 409 g/mol. The minimum absolute atomic E-state index is 0.212. The highest BCUT2D eigenvalue weighted by molar-refractivity contribution is 6.30. The zero-order valence-electron chi connectivity index (χ0n) is 16.4. The van der Waals surface area contributed by atoms with E-state index in [1.165, 1.54) is 31.0 Å². The van der Waals surface area contributed by atoms with E-state index in [0.717, 1.165) is 30.9 Å². The summed E-state index contributed by atoms with van der Waals surface area (Å²) in [5.74, 6) is -0.356. The number of fused-ring (bicyclic) bond motifs is 3. The molecular formula is C21H21ClFN5O2. The van der Waals surface area contributed by atoms with Crippen LogP contribution < -0.4 is 4.74 Å². The number of hydrogen-bond acceptors (Lipinski definition) is 5. The summed E-state index contributed by atoms with van der Waals surface area (Å²) in [6.07, 6.45) is 5.66. The summed E-state index contributed by atoms with van der Waals surface area (Å²) in [5, 5.41) is 4.99. The Morgan fingerprint density at radius 1 is 1.23 bits per heavy atom. The maximum absolute atomic E-state index is 13.8. The quantitative estimate of drug-likeness (QED) is 0.623. The van der Waals surface area contributed by atoms with Crippen LogP contribution in [-0.4, -0.2) is 56.5 Å². The van der Waals surface area contributed by atoms with Crippen molar-refractivity contribution in [1.82, 2.24) is 24.4 Å². The van der Waals surface area contributed by atoms with Gasteiger partial charge < -0.3 is 9.64 Å². The van der Waals surface area contributed by atoms with Crippen molar-refractivity contribution in [3.05, 3.63) is 58.3 Å². The summed E-state index contributed by atoms with van der Waals surface area (Å²) in [5.41, 5.74) is 2.73. The second kappa shape index (κ2) is 7.85. The zero-order chi connectivity index (χ0) is 20.7. The zero-order valence-corrected chi connectivity index (χ0v) is 17.1. The van der Waals surface area contributed by atoms with Crippen LogP contribution in [0.4, 0.5) is 4.39 Å². The highest BCUT2D eigenvalue weighted by Gasteiger charge is 2.31. The number of likely N-dealkylation sites (tertiary alicyclic amines) is 1. The van der Waals surface area contributed by atoms with Crippen molar-refractivity contribution in [2.24, 2.45) is 0 Å². The molecule has 30 heavy (non-hydrogen) atoms. The number of carbonyl (C=O) groups excluding carboxylic acids is 1. The molecule has 3 aromatic rings. The normalized spacial score (nSPS) is 16.4. The Bertz CT molecular complexity index is 1110. The van der Waals surface area contributed by atoms with E-state index in [0.29, 0.717) is 35.9 Å². The van der Waals surface area contributed by atoms with Gasteiger partial charge in [0.25, 0.3) is 5.91 Å². The van der Waals surface area contributed by atoms with Gasteiger partial charge in [-0.25, -0.2) is 13.9 Å². The molecule has 0 N–H and O–H groups in total. The molecule has 0 aliphatic carbocycles. The standard InChI is InChI=1S/C21H21ClFN5O2/c22-14-10-24-20-17-12-27(13-18(17)25-28(20)11-14)21(29)16-4-3-15(23)9-19(16)30-8-7-26-5-1-2-6-26/h3-4,9-11H,1-2,5-8,12-13H2. The molecule has 2 aliphatic heterocycles. The number of rotatable bonds is 5. The van der Waals surface area contributed by atoms with Gasteiger partial charge in [0.2, 0.25) is 0 Å². The first-order chi connectivity index (χ1) is 14.6. The highest BCUT2D eigenvalue weighted by Crippen LogP contribution is 2.29. The summed E-state index contributed by atoms with van der Waals surface area (Å²) >= 11 is 5.98. The monoisotopic (exact) mass is 429 g/mol. The van der Waals surface area contributed by atoms with Crippen LogP contribution in [0.2, 0.25) is 5.02 Å². The Kier molecular flexibility index (Phi) is 5.04. The van der Waals surface area contributed by atoms with E-state index in [-0.39, 0.29) is 11.7 Å². The molecule has 156 valence electrons. The first kappa shape index (κ1) is 19.3. The van der Waals surface area contributed by atoms with Crippen molar-refractivity contribution in [2.75, 3.05) is 26.2 Å². The minimum atomic E-state index is -0.425. The van der Waals surface area contributed by atoms with Crippen LogP contribution in [0.15, 0.2) is 30.6 Å². The summed E-state index contributed by atoms with van der Waals surface area (Å²) in [7, 11) is 0. The van der Waals surface area contributed by atoms with E-state index in [9.17, 15) is 9.18 Å². The number of halogens is 2. The number of aromatic nitrogens is 3. The molecule has 0 unspecified atom stereocenters. The Morgan fingerprint density at radius 2 is 2.07 bits per heavy atom. The lowest BCUT2D eigenvalue weighted by Crippen LogP contribution is -2.28. The summed E-state index contributed by atoms with van der Waals surface area (Å²) in [6, 6.07) is 4.06. The van der Waals surface area contributed by atoms with E-state index < -0.39 is 5.82 Å². The van der Waals surface area contributed by atoms with Gasteiger partial charge >= 0.3 is 0 Å². The van der Waals surface area contributed by atoms with Crippen LogP contribution in [0.1, 0.15) is 34.5 Å². The van der Waals surface area contributed by atoms with Gasteiger partial charge in [-0.1, -0.05) is 11.6 Å². The molecule has 5 rings (SSSR count). The fourth-order valence-corrected chi connectivity index (χ4v) is 4.26. The van der Waals surface area contributed by atoms with E-state index in [2.05, 4.69) is 15.0 Å². The SMILES string of the molecule is O=C(c1ccc(F)cc1OCCN1CCCC1)N1Cc2nn3cc(Cl)cnc3c2C1. The van der Waals surface area contributed by atoms with Crippen LogP contribution in [-0.2, 0) is 13.1 Å². The topological polar surface area (TPSA) is 63.0 Å². The molecule has 0 spiro atoms. The van der Waals surface area contributed by atoms with E-state index >= 15 is 0 Å². The lowest BCUT2D eigenvalue weighted by Gasteiger charge is -2.19. The van der Waals surface area contributed by atoms with Crippen LogP contribution >= 0.6 is 11.6 Å². The van der Waals surface area contributed by atoms with Crippen LogP contribution in [0, 0.1) is 5.82 Å². The van der Waals surface area contributed by atoms with Crippen LogP contribution in [0.5, 0.6) is 5.75 Å². The largest absolute Gasteiger partial charge is 0.491 e. The number of nitrogens with zero attached hydrogens (tertiary/aromatic N) is 5. The summed E-state index contributed by atoms with van der Waals surface area (Å²) in [6.45, 7) is 4.06. The maximum atomic E-state index is 13.8. The second-order valence-electron chi connectivity index (χ2n) is 7.66. The number of ether oxygens (including phenoxy) is 1. The van der Waals surface area contributed by atoms with Gasteiger partial charge in [0.05, 0.1) is 35.6 Å². The van der Waals surface area contributed by atoms with Crippen molar-refractivity contribution in [3.8, 4) is 5.75 Å². The summed E-state index contributed by atoms with van der Waals surface area (Å²) < 4.78 is 21.3. The Morgan fingerprint density at radius 3 is 2.90 bits per heavy atom. The van der Waals surface area contributed by atoms with Crippen LogP contribution in [0.3, 0.4) is 0 Å². The van der Waals surface area contributed by atoms with Gasteiger partial charge in [-0.15, -0.1) is 0 Å². The predicted molar refractivity (Wildman–Crippen MR) is 109 cm³/mol. The molecule has 2 aliphatic rings. The summed E-state index contributed by atoms with van der Waals surface area (Å²) in [4.78, 5) is 21.5. The molecule has 0 atom stereocenters. The molecule has 4 heterocycles. The Labute approximate surface area is 178 Å². The van der Waals surface area contributed by atoms with Gasteiger partial charge in [-0.05, 0) is 38.1 Å². The van der Waals surface area contributed by atoms with E-state index in [1.54, 1.807) is 21.8 Å². The number of amides is 1. The Balaban J connectivity index is 1.33. The fourth-order valence-electron chi connectivity index (χ4n) is 4.12. The third kappa shape index (κ3) is 3.61. The fraction of sp³-hybridized carbons (Fsp3) is 0.381. The molecule has 1 fully saturated rings. The van der Waals surface area contributed by atoms with Crippen molar-refractivity contribution in [1.29, 1.82) is 0 Å². The Hall–Kier alpha value is -2.71. The molecule has 1 amide bonds. The van der Waals surface area contributed by atoms with Gasteiger partial charge in [-0.2, -0.15) is 5.10 Å². The number of carbonyl (C=O) groups is 1.